The van der Waals surface area contributed by atoms with Gasteiger partial charge >= 0.3 is 0 Å². The number of sulfonamides is 1. The number of benzene rings is 2. The zero-order valence-corrected chi connectivity index (χ0v) is 16.3. The van der Waals surface area contributed by atoms with Crippen LogP contribution >= 0.6 is 0 Å². The van der Waals surface area contributed by atoms with Gasteiger partial charge in [-0.2, -0.15) is 4.31 Å². The molecule has 6 nitrogen and oxygen atoms in total. The van der Waals surface area contributed by atoms with Crippen LogP contribution in [0.4, 0.5) is 0 Å². The second kappa shape index (κ2) is 8.21. The summed E-state index contributed by atoms with van der Waals surface area (Å²) < 4.78 is 32.5. The molecule has 1 heterocycles. The summed E-state index contributed by atoms with van der Waals surface area (Å²) in [6.07, 6.45) is -0.144. The van der Waals surface area contributed by atoms with Gasteiger partial charge in [0.25, 0.3) is 5.91 Å². The van der Waals surface area contributed by atoms with Crippen LogP contribution in [-0.2, 0) is 21.3 Å². The van der Waals surface area contributed by atoms with E-state index in [-0.39, 0.29) is 16.9 Å². The molecular weight excluding hydrogens is 364 g/mol. The van der Waals surface area contributed by atoms with Crippen molar-refractivity contribution in [2.45, 2.75) is 31.4 Å². The first-order valence-electron chi connectivity index (χ1n) is 8.92. The lowest BCUT2D eigenvalue weighted by Gasteiger charge is -2.30. The minimum Gasteiger partial charge on any atom is -0.376 e. The number of hydrogen-bond acceptors (Lipinski definition) is 4. The van der Waals surface area contributed by atoms with E-state index in [9.17, 15) is 13.2 Å². The van der Waals surface area contributed by atoms with Gasteiger partial charge in [0, 0.05) is 25.2 Å². The molecule has 2 aromatic carbocycles. The summed E-state index contributed by atoms with van der Waals surface area (Å²) in [5, 5.41) is 2.84. The Kier molecular flexibility index (Phi) is 5.94. The molecule has 1 unspecified atom stereocenters. The largest absolute Gasteiger partial charge is 0.376 e. The molecule has 0 radical (unpaired) electrons. The number of hydrogen-bond donors (Lipinski definition) is 1. The van der Waals surface area contributed by atoms with Gasteiger partial charge in [-0.1, -0.05) is 35.9 Å². The molecule has 1 amide bonds. The predicted octanol–water partition coefficient (Wildman–Crippen LogP) is 2.33. The smallest absolute Gasteiger partial charge is 0.251 e. The highest BCUT2D eigenvalue weighted by Gasteiger charge is 2.29. The number of ether oxygens (including phenoxy) is 1. The van der Waals surface area contributed by atoms with E-state index < -0.39 is 10.0 Å². The van der Waals surface area contributed by atoms with Crippen LogP contribution in [0, 0.1) is 6.92 Å². The third kappa shape index (κ3) is 4.74. The Morgan fingerprint density at radius 3 is 2.74 bits per heavy atom. The highest BCUT2D eigenvalue weighted by Crippen LogP contribution is 2.20. The fourth-order valence-electron chi connectivity index (χ4n) is 3.06. The molecule has 1 aliphatic heterocycles. The molecule has 1 saturated heterocycles. The predicted molar refractivity (Wildman–Crippen MR) is 103 cm³/mol. The van der Waals surface area contributed by atoms with Crippen LogP contribution in [-0.4, -0.2) is 44.4 Å². The molecule has 0 saturated carbocycles. The van der Waals surface area contributed by atoms with Gasteiger partial charge in [0.1, 0.15) is 0 Å². The number of morpholine rings is 1. The number of nitrogens with zero attached hydrogens (tertiary/aromatic N) is 1. The molecule has 0 aromatic heterocycles. The molecule has 3 rings (SSSR count). The van der Waals surface area contributed by atoms with Crippen LogP contribution in [0.1, 0.15) is 28.4 Å². The van der Waals surface area contributed by atoms with Crippen molar-refractivity contribution in [3.05, 3.63) is 65.2 Å². The average Bonchev–Trinajstić information content (AvgIpc) is 2.66. The Bertz CT molecular complexity index is 927. The summed E-state index contributed by atoms with van der Waals surface area (Å²) in [5.74, 6) is -0.302. The van der Waals surface area contributed by atoms with Gasteiger partial charge in [-0.15, -0.1) is 0 Å². The quantitative estimate of drug-likeness (QED) is 0.853. The van der Waals surface area contributed by atoms with Crippen LogP contribution in [0.2, 0.25) is 0 Å². The number of carbonyl (C=O) groups is 1. The first-order chi connectivity index (χ1) is 12.9. The second-order valence-corrected chi connectivity index (χ2v) is 8.68. The molecule has 0 bridgehead atoms. The summed E-state index contributed by atoms with van der Waals surface area (Å²) in [6, 6.07) is 14.0. The highest BCUT2D eigenvalue weighted by atomic mass is 32.2. The topological polar surface area (TPSA) is 75.7 Å². The molecule has 1 atom stereocenters. The lowest BCUT2D eigenvalue weighted by Crippen LogP contribution is -2.44. The number of carbonyl (C=O) groups excluding carboxylic acids is 1. The van der Waals surface area contributed by atoms with Crippen molar-refractivity contribution in [2.24, 2.45) is 0 Å². The van der Waals surface area contributed by atoms with Gasteiger partial charge in [0.2, 0.25) is 10.0 Å². The molecule has 1 fully saturated rings. The lowest BCUT2D eigenvalue weighted by molar-refractivity contribution is 0.0102. The Morgan fingerprint density at radius 1 is 1.22 bits per heavy atom. The highest BCUT2D eigenvalue weighted by molar-refractivity contribution is 7.89. The molecule has 27 heavy (non-hydrogen) atoms. The monoisotopic (exact) mass is 388 g/mol. The van der Waals surface area contributed by atoms with Crippen molar-refractivity contribution < 1.29 is 17.9 Å². The van der Waals surface area contributed by atoms with Crippen molar-refractivity contribution >= 4 is 15.9 Å². The Morgan fingerprint density at radius 2 is 2.00 bits per heavy atom. The minimum atomic E-state index is -3.65. The summed E-state index contributed by atoms with van der Waals surface area (Å²) >= 11 is 0. The molecule has 7 heteroatoms. The normalized spacial score (nSPS) is 18.2. The average molecular weight is 388 g/mol. The van der Waals surface area contributed by atoms with Gasteiger partial charge in [0.05, 0.1) is 17.6 Å². The first-order valence-corrected chi connectivity index (χ1v) is 10.4. The summed E-state index contributed by atoms with van der Waals surface area (Å²) in [7, 11) is -3.65. The van der Waals surface area contributed by atoms with Crippen LogP contribution in [0.25, 0.3) is 0 Å². The van der Waals surface area contributed by atoms with Gasteiger partial charge < -0.3 is 10.1 Å². The molecular formula is C20H24N2O4S. The maximum Gasteiger partial charge on any atom is 0.251 e. The lowest BCUT2D eigenvalue weighted by atomic mass is 10.1. The molecule has 0 aliphatic carbocycles. The van der Waals surface area contributed by atoms with Gasteiger partial charge in [-0.05, 0) is 37.6 Å². The van der Waals surface area contributed by atoms with E-state index in [2.05, 4.69) is 5.32 Å². The number of nitrogens with one attached hydrogen (secondary N) is 1. The first kappa shape index (κ1) is 19.5. The third-order valence-corrected chi connectivity index (χ3v) is 6.33. The SMILES string of the molecule is Cc1cccc(CNC(=O)c2cccc(S(=O)(=O)N3CCOC(C)C3)c2)c1. The molecule has 1 aliphatic rings. The minimum absolute atomic E-state index is 0.125. The zero-order chi connectivity index (χ0) is 19.4. The van der Waals surface area contributed by atoms with E-state index in [1.54, 1.807) is 12.1 Å². The van der Waals surface area contributed by atoms with E-state index in [0.717, 1.165) is 11.1 Å². The number of rotatable bonds is 5. The van der Waals surface area contributed by atoms with Crippen molar-refractivity contribution in [3.8, 4) is 0 Å². The van der Waals surface area contributed by atoms with Crippen molar-refractivity contribution in [1.82, 2.24) is 9.62 Å². The zero-order valence-electron chi connectivity index (χ0n) is 15.5. The van der Waals surface area contributed by atoms with Crippen molar-refractivity contribution in [2.75, 3.05) is 19.7 Å². The molecule has 0 spiro atoms. The maximum atomic E-state index is 12.9. The Labute approximate surface area is 160 Å². The standard InChI is InChI=1S/C20H24N2O4S/c1-15-5-3-6-17(11-15)13-21-20(23)18-7-4-8-19(12-18)27(24,25)22-9-10-26-16(2)14-22/h3-8,11-12,16H,9-10,13-14H2,1-2H3,(H,21,23). The number of aryl methyl sites for hydroxylation is 1. The Hall–Kier alpha value is -2.22. The fraction of sp³-hybridized carbons (Fsp3) is 0.350. The molecule has 2 aromatic rings. The summed E-state index contributed by atoms with van der Waals surface area (Å²) in [5.41, 5.74) is 2.44. The summed E-state index contributed by atoms with van der Waals surface area (Å²) in [6.45, 7) is 5.22. The Balaban J connectivity index is 1.73. The van der Waals surface area contributed by atoms with Crippen LogP contribution in [0.15, 0.2) is 53.4 Å². The van der Waals surface area contributed by atoms with Crippen LogP contribution in [0.3, 0.4) is 0 Å². The van der Waals surface area contributed by atoms with Crippen molar-refractivity contribution in [1.29, 1.82) is 0 Å². The van der Waals surface area contributed by atoms with Crippen molar-refractivity contribution in [3.63, 3.8) is 0 Å². The second-order valence-electron chi connectivity index (χ2n) is 6.74. The van der Waals surface area contributed by atoms with E-state index >= 15 is 0 Å². The van der Waals surface area contributed by atoms with Gasteiger partial charge in [-0.25, -0.2) is 8.42 Å². The third-order valence-electron chi connectivity index (χ3n) is 4.47. The maximum absolute atomic E-state index is 12.9. The van der Waals surface area contributed by atoms with Gasteiger partial charge in [-0.3, -0.25) is 4.79 Å². The summed E-state index contributed by atoms with van der Waals surface area (Å²) in [4.78, 5) is 12.6. The fourth-order valence-corrected chi connectivity index (χ4v) is 4.60. The van der Waals surface area contributed by atoms with E-state index in [4.69, 9.17) is 4.74 Å². The van der Waals surface area contributed by atoms with E-state index in [0.29, 0.717) is 31.8 Å². The van der Waals surface area contributed by atoms with Crippen LogP contribution < -0.4 is 5.32 Å². The van der Waals surface area contributed by atoms with E-state index in [1.807, 2.05) is 38.1 Å². The molecule has 1 N–H and O–H groups in total. The number of amides is 1. The van der Waals surface area contributed by atoms with E-state index in [1.165, 1.54) is 16.4 Å². The van der Waals surface area contributed by atoms with Crippen LogP contribution in [0.5, 0.6) is 0 Å². The molecule has 144 valence electrons. The van der Waals surface area contributed by atoms with Gasteiger partial charge in [0.15, 0.2) is 0 Å².